The van der Waals surface area contributed by atoms with Gasteiger partial charge in [-0.1, -0.05) is 0 Å². The van der Waals surface area contributed by atoms with Crippen LogP contribution in [0.25, 0.3) is 0 Å². The van der Waals surface area contributed by atoms with Crippen LogP contribution in [-0.4, -0.2) is 25.5 Å². The fourth-order valence-corrected chi connectivity index (χ4v) is 1.62. The molecule has 0 aliphatic heterocycles. The Morgan fingerprint density at radius 3 is 2.67 bits per heavy atom. The van der Waals surface area contributed by atoms with E-state index in [1.54, 1.807) is 10.9 Å². The fourth-order valence-electron chi connectivity index (χ4n) is 1.62. The summed E-state index contributed by atoms with van der Waals surface area (Å²) in [6.07, 6.45) is 3.69. The molecule has 0 aromatic carbocycles. The first-order valence-electron chi connectivity index (χ1n) is 5.96. The minimum Gasteiger partial charge on any atom is -0.349 e. The van der Waals surface area contributed by atoms with Gasteiger partial charge < -0.3 is 5.32 Å². The van der Waals surface area contributed by atoms with Gasteiger partial charge in [-0.05, 0) is 26.0 Å². The molecule has 0 saturated heterocycles. The number of rotatable bonds is 5. The van der Waals surface area contributed by atoms with Gasteiger partial charge in [-0.2, -0.15) is 10.2 Å². The van der Waals surface area contributed by atoms with E-state index in [4.69, 9.17) is 0 Å². The van der Waals surface area contributed by atoms with E-state index in [0.29, 0.717) is 6.54 Å². The molecule has 1 amide bonds. The van der Waals surface area contributed by atoms with Gasteiger partial charge in [-0.15, -0.1) is 0 Å². The van der Waals surface area contributed by atoms with Crippen molar-refractivity contribution in [3.8, 4) is 0 Å². The van der Waals surface area contributed by atoms with Crippen molar-refractivity contribution in [1.29, 1.82) is 0 Å². The Morgan fingerprint density at radius 1 is 1.28 bits per heavy atom. The van der Waals surface area contributed by atoms with Gasteiger partial charge in [0.25, 0.3) is 0 Å². The number of hydrogen-bond donors (Lipinski definition) is 1. The van der Waals surface area contributed by atoms with Crippen molar-refractivity contribution < 1.29 is 4.79 Å². The van der Waals surface area contributed by atoms with Crippen LogP contribution in [0.2, 0.25) is 0 Å². The molecule has 0 radical (unpaired) electrons. The highest BCUT2D eigenvalue weighted by Crippen LogP contribution is 1.96. The first-order chi connectivity index (χ1) is 8.67. The molecule has 6 nitrogen and oxygen atoms in total. The standard InChI is InChI=1S/C12H17N5O/c1-3-16-7-5-11(15-16)8-13-12(18)9-17-6-4-10(2)14-17/h4-7H,3,8-9H2,1-2H3,(H,13,18). The van der Waals surface area contributed by atoms with Gasteiger partial charge in [0.15, 0.2) is 0 Å². The maximum atomic E-state index is 11.7. The molecule has 0 aliphatic rings. The van der Waals surface area contributed by atoms with Crippen molar-refractivity contribution in [3.63, 3.8) is 0 Å². The Hall–Kier alpha value is -2.11. The van der Waals surface area contributed by atoms with Crippen LogP contribution in [0.15, 0.2) is 24.5 Å². The van der Waals surface area contributed by atoms with Gasteiger partial charge in [0, 0.05) is 18.9 Å². The summed E-state index contributed by atoms with van der Waals surface area (Å²) in [7, 11) is 0. The molecule has 0 bridgehead atoms. The van der Waals surface area contributed by atoms with Crippen LogP contribution in [0.4, 0.5) is 0 Å². The van der Waals surface area contributed by atoms with E-state index in [1.165, 1.54) is 0 Å². The lowest BCUT2D eigenvalue weighted by Crippen LogP contribution is -2.27. The lowest BCUT2D eigenvalue weighted by molar-refractivity contribution is -0.122. The van der Waals surface area contributed by atoms with Gasteiger partial charge in [0.1, 0.15) is 6.54 Å². The van der Waals surface area contributed by atoms with E-state index < -0.39 is 0 Å². The van der Waals surface area contributed by atoms with Crippen LogP contribution < -0.4 is 5.32 Å². The van der Waals surface area contributed by atoms with Crippen LogP contribution in [0.3, 0.4) is 0 Å². The van der Waals surface area contributed by atoms with Crippen molar-refractivity contribution in [2.45, 2.75) is 33.5 Å². The van der Waals surface area contributed by atoms with Crippen LogP contribution in [0, 0.1) is 6.92 Å². The molecule has 0 saturated carbocycles. The van der Waals surface area contributed by atoms with Gasteiger partial charge >= 0.3 is 0 Å². The SMILES string of the molecule is CCn1ccc(CNC(=O)Cn2ccc(C)n2)n1. The highest BCUT2D eigenvalue weighted by molar-refractivity contribution is 5.75. The Labute approximate surface area is 106 Å². The average molecular weight is 247 g/mol. The Balaban J connectivity index is 1.81. The molecular formula is C12H17N5O. The molecule has 2 rings (SSSR count). The van der Waals surface area contributed by atoms with Gasteiger partial charge in [-0.3, -0.25) is 14.2 Å². The molecule has 0 atom stereocenters. The van der Waals surface area contributed by atoms with Crippen molar-refractivity contribution in [1.82, 2.24) is 24.9 Å². The van der Waals surface area contributed by atoms with E-state index in [2.05, 4.69) is 15.5 Å². The maximum Gasteiger partial charge on any atom is 0.242 e. The van der Waals surface area contributed by atoms with Gasteiger partial charge in [-0.25, -0.2) is 0 Å². The first kappa shape index (κ1) is 12.3. The number of aryl methyl sites for hydroxylation is 2. The van der Waals surface area contributed by atoms with Crippen LogP contribution in [-0.2, 0) is 24.4 Å². The van der Waals surface area contributed by atoms with Crippen LogP contribution >= 0.6 is 0 Å². The largest absolute Gasteiger partial charge is 0.349 e. The maximum absolute atomic E-state index is 11.7. The molecule has 0 unspecified atom stereocenters. The predicted molar refractivity (Wildman–Crippen MR) is 66.7 cm³/mol. The first-order valence-corrected chi connectivity index (χ1v) is 5.96. The molecular weight excluding hydrogens is 230 g/mol. The summed E-state index contributed by atoms with van der Waals surface area (Å²) in [5, 5.41) is 11.3. The second kappa shape index (κ2) is 5.48. The average Bonchev–Trinajstić information content (AvgIpc) is 2.95. The van der Waals surface area contributed by atoms with Gasteiger partial charge in [0.2, 0.25) is 5.91 Å². The second-order valence-electron chi connectivity index (χ2n) is 4.09. The third-order valence-corrected chi connectivity index (χ3v) is 2.57. The Bertz CT molecular complexity index is 528. The van der Waals surface area contributed by atoms with E-state index in [9.17, 15) is 4.79 Å². The number of amides is 1. The molecule has 0 spiro atoms. The minimum absolute atomic E-state index is 0.0656. The summed E-state index contributed by atoms with van der Waals surface area (Å²) >= 11 is 0. The Morgan fingerprint density at radius 2 is 2.06 bits per heavy atom. The van der Waals surface area contributed by atoms with E-state index in [0.717, 1.165) is 17.9 Å². The monoisotopic (exact) mass is 247 g/mol. The number of nitrogens with one attached hydrogen (secondary N) is 1. The fraction of sp³-hybridized carbons (Fsp3) is 0.417. The zero-order valence-electron chi connectivity index (χ0n) is 10.6. The van der Waals surface area contributed by atoms with Crippen molar-refractivity contribution in [3.05, 3.63) is 35.9 Å². The number of nitrogens with zero attached hydrogens (tertiary/aromatic N) is 4. The third kappa shape index (κ3) is 3.19. The van der Waals surface area contributed by atoms with E-state index in [-0.39, 0.29) is 12.5 Å². The zero-order chi connectivity index (χ0) is 13.0. The molecule has 6 heteroatoms. The summed E-state index contributed by atoms with van der Waals surface area (Å²) in [4.78, 5) is 11.7. The molecule has 1 N–H and O–H groups in total. The molecule has 18 heavy (non-hydrogen) atoms. The lowest BCUT2D eigenvalue weighted by atomic mass is 10.4. The highest BCUT2D eigenvalue weighted by Gasteiger charge is 2.04. The molecule has 2 heterocycles. The number of carbonyl (C=O) groups excluding carboxylic acids is 1. The van der Waals surface area contributed by atoms with Gasteiger partial charge in [0.05, 0.1) is 17.9 Å². The summed E-state index contributed by atoms with van der Waals surface area (Å²) in [6, 6.07) is 3.78. The highest BCUT2D eigenvalue weighted by atomic mass is 16.2. The predicted octanol–water partition coefficient (Wildman–Crippen LogP) is 0.724. The van der Waals surface area contributed by atoms with Crippen molar-refractivity contribution in [2.75, 3.05) is 0 Å². The van der Waals surface area contributed by atoms with Crippen LogP contribution in [0.1, 0.15) is 18.3 Å². The van der Waals surface area contributed by atoms with E-state index in [1.807, 2.05) is 36.9 Å². The summed E-state index contributed by atoms with van der Waals surface area (Å²) in [5.41, 5.74) is 1.77. The number of aromatic nitrogens is 4. The minimum atomic E-state index is -0.0656. The van der Waals surface area contributed by atoms with Crippen molar-refractivity contribution >= 4 is 5.91 Å². The number of carbonyl (C=O) groups is 1. The molecule has 0 fully saturated rings. The molecule has 2 aromatic heterocycles. The third-order valence-electron chi connectivity index (χ3n) is 2.57. The molecule has 2 aromatic rings. The summed E-state index contributed by atoms with van der Waals surface area (Å²) in [6.45, 7) is 5.44. The van der Waals surface area contributed by atoms with Crippen LogP contribution in [0.5, 0.6) is 0 Å². The lowest BCUT2D eigenvalue weighted by Gasteiger charge is -2.03. The topological polar surface area (TPSA) is 64.7 Å². The summed E-state index contributed by atoms with van der Waals surface area (Å²) < 4.78 is 3.45. The molecule has 96 valence electrons. The smallest absolute Gasteiger partial charge is 0.242 e. The van der Waals surface area contributed by atoms with Crippen molar-refractivity contribution in [2.24, 2.45) is 0 Å². The van der Waals surface area contributed by atoms with E-state index >= 15 is 0 Å². The summed E-state index contributed by atoms with van der Waals surface area (Å²) in [5.74, 6) is -0.0656. The normalized spacial score (nSPS) is 10.6. The molecule has 0 aliphatic carbocycles. The Kier molecular flexibility index (Phi) is 3.76. The number of hydrogen-bond acceptors (Lipinski definition) is 3. The zero-order valence-corrected chi connectivity index (χ0v) is 10.6. The second-order valence-corrected chi connectivity index (χ2v) is 4.09. The quantitative estimate of drug-likeness (QED) is 0.847.